The van der Waals surface area contributed by atoms with Crippen molar-refractivity contribution in [3.8, 4) is 0 Å². The number of nitrogens with one attached hydrogen (secondary N) is 2. The van der Waals surface area contributed by atoms with Crippen LogP contribution < -0.4 is 10.6 Å². The van der Waals surface area contributed by atoms with Crippen LogP contribution in [-0.4, -0.2) is 50.1 Å². The number of rotatable bonds is 6. The molecule has 1 atom stereocenters. The second-order valence-corrected chi connectivity index (χ2v) is 4.34. The summed E-state index contributed by atoms with van der Waals surface area (Å²) in [5.74, 6) is 0.136. The standard InChI is InChI=1S/C11H23N3O/c1-3-6-13-11(15)9-14(2)8-10-5-4-7-12-10/h10,12H,3-9H2,1-2H3,(H,13,15)/t10-/m1/s1. The van der Waals surface area contributed by atoms with E-state index in [1.807, 2.05) is 7.05 Å². The van der Waals surface area contributed by atoms with Crippen LogP contribution in [0.4, 0.5) is 0 Å². The second-order valence-electron chi connectivity index (χ2n) is 4.34. The average molecular weight is 213 g/mol. The van der Waals surface area contributed by atoms with E-state index in [4.69, 9.17) is 0 Å². The van der Waals surface area contributed by atoms with Gasteiger partial charge in [0.15, 0.2) is 0 Å². The lowest BCUT2D eigenvalue weighted by Gasteiger charge is -2.20. The highest BCUT2D eigenvalue weighted by Gasteiger charge is 2.16. The first-order valence-corrected chi connectivity index (χ1v) is 5.91. The molecule has 0 aromatic carbocycles. The van der Waals surface area contributed by atoms with Crippen LogP contribution in [0.2, 0.25) is 0 Å². The van der Waals surface area contributed by atoms with Gasteiger partial charge in [-0.05, 0) is 32.9 Å². The Morgan fingerprint density at radius 3 is 3.00 bits per heavy atom. The Hall–Kier alpha value is -0.610. The van der Waals surface area contributed by atoms with Gasteiger partial charge in [0.05, 0.1) is 6.54 Å². The van der Waals surface area contributed by atoms with Gasteiger partial charge in [-0.2, -0.15) is 0 Å². The van der Waals surface area contributed by atoms with Crippen molar-refractivity contribution in [2.24, 2.45) is 0 Å². The highest BCUT2D eigenvalue weighted by Crippen LogP contribution is 2.05. The molecule has 1 aliphatic heterocycles. The number of hydrogen-bond acceptors (Lipinski definition) is 3. The first kappa shape index (κ1) is 12.5. The maximum atomic E-state index is 11.4. The van der Waals surface area contributed by atoms with Crippen LogP contribution in [0.15, 0.2) is 0 Å². The molecule has 88 valence electrons. The lowest BCUT2D eigenvalue weighted by Crippen LogP contribution is -2.41. The highest BCUT2D eigenvalue weighted by molar-refractivity contribution is 5.77. The minimum atomic E-state index is 0.136. The lowest BCUT2D eigenvalue weighted by atomic mass is 10.2. The fraction of sp³-hybridized carbons (Fsp3) is 0.909. The predicted molar refractivity (Wildman–Crippen MR) is 61.8 cm³/mol. The van der Waals surface area contributed by atoms with Gasteiger partial charge in [0.2, 0.25) is 5.91 Å². The smallest absolute Gasteiger partial charge is 0.234 e. The quantitative estimate of drug-likeness (QED) is 0.662. The first-order chi connectivity index (χ1) is 7.22. The van der Waals surface area contributed by atoms with E-state index < -0.39 is 0 Å². The maximum absolute atomic E-state index is 11.4. The van der Waals surface area contributed by atoms with Crippen LogP contribution in [0.5, 0.6) is 0 Å². The number of likely N-dealkylation sites (N-methyl/N-ethyl adjacent to an activating group) is 1. The maximum Gasteiger partial charge on any atom is 0.234 e. The van der Waals surface area contributed by atoms with Crippen LogP contribution >= 0.6 is 0 Å². The molecule has 0 spiro atoms. The zero-order valence-electron chi connectivity index (χ0n) is 9.88. The van der Waals surface area contributed by atoms with E-state index in [0.717, 1.165) is 26.1 Å². The minimum absolute atomic E-state index is 0.136. The van der Waals surface area contributed by atoms with Crippen molar-refractivity contribution < 1.29 is 4.79 Å². The molecule has 0 bridgehead atoms. The Morgan fingerprint density at radius 1 is 1.60 bits per heavy atom. The number of amides is 1. The van der Waals surface area contributed by atoms with E-state index >= 15 is 0 Å². The second kappa shape index (κ2) is 6.80. The molecule has 1 fully saturated rings. The molecule has 0 saturated carbocycles. The van der Waals surface area contributed by atoms with Crippen LogP contribution in [0.1, 0.15) is 26.2 Å². The van der Waals surface area contributed by atoms with Crippen molar-refractivity contribution >= 4 is 5.91 Å². The van der Waals surface area contributed by atoms with E-state index in [0.29, 0.717) is 12.6 Å². The summed E-state index contributed by atoms with van der Waals surface area (Å²) >= 11 is 0. The van der Waals surface area contributed by atoms with Crippen molar-refractivity contribution in [1.82, 2.24) is 15.5 Å². The fourth-order valence-corrected chi connectivity index (χ4v) is 1.92. The summed E-state index contributed by atoms with van der Waals surface area (Å²) in [6.45, 7) is 5.46. The zero-order chi connectivity index (χ0) is 11.1. The van der Waals surface area contributed by atoms with E-state index in [1.165, 1.54) is 12.8 Å². The molecule has 0 aliphatic carbocycles. The number of nitrogens with zero attached hydrogens (tertiary/aromatic N) is 1. The van der Waals surface area contributed by atoms with E-state index in [2.05, 4.69) is 22.5 Å². The Labute approximate surface area is 92.4 Å². The predicted octanol–water partition coefficient (Wildman–Crippen LogP) is 0.196. The molecule has 1 heterocycles. The molecule has 1 amide bonds. The third kappa shape index (κ3) is 5.14. The monoisotopic (exact) mass is 213 g/mol. The molecular formula is C11H23N3O. The number of hydrogen-bond donors (Lipinski definition) is 2. The molecule has 1 aliphatic rings. The van der Waals surface area contributed by atoms with Crippen LogP contribution in [-0.2, 0) is 4.79 Å². The molecule has 2 N–H and O–H groups in total. The Bertz CT molecular complexity index is 190. The van der Waals surface area contributed by atoms with Crippen LogP contribution in [0.3, 0.4) is 0 Å². The molecule has 4 nitrogen and oxygen atoms in total. The van der Waals surface area contributed by atoms with E-state index in [1.54, 1.807) is 0 Å². The summed E-state index contributed by atoms with van der Waals surface area (Å²) in [7, 11) is 2.01. The van der Waals surface area contributed by atoms with Gasteiger partial charge in [0, 0.05) is 19.1 Å². The molecule has 15 heavy (non-hydrogen) atoms. The minimum Gasteiger partial charge on any atom is -0.355 e. The van der Waals surface area contributed by atoms with Crippen molar-refractivity contribution in [1.29, 1.82) is 0 Å². The fourth-order valence-electron chi connectivity index (χ4n) is 1.92. The molecule has 1 saturated heterocycles. The van der Waals surface area contributed by atoms with Crippen LogP contribution in [0, 0.1) is 0 Å². The largest absolute Gasteiger partial charge is 0.355 e. The molecule has 4 heteroatoms. The van der Waals surface area contributed by atoms with Gasteiger partial charge in [-0.3, -0.25) is 9.69 Å². The summed E-state index contributed by atoms with van der Waals surface area (Å²) < 4.78 is 0. The Balaban J connectivity index is 2.11. The van der Waals surface area contributed by atoms with Gasteiger partial charge in [-0.1, -0.05) is 6.92 Å². The van der Waals surface area contributed by atoms with Gasteiger partial charge < -0.3 is 10.6 Å². The van der Waals surface area contributed by atoms with Gasteiger partial charge in [0.1, 0.15) is 0 Å². The van der Waals surface area contributed by atoms with Crippen molar-refractivity contribution in [2.75, 3.05) is 33.2 Å². The van der Waals surface area contributed by atoms with Gasteiger partial charge in [-0.15, -0.1) is 0 Å². The topological polar surface area (TPSA) is 44.4 Å². The molecule has 0 aromatic rings. The molecule has 0 unspecified atom stereocenters. The normalized spacial score (nSPS) is 20.9. The Kier molecular flexibility index (Phi) is 5.65. The van der Waals surface area contributed by atoms with Gasteiger partial charge in [-0.25, -0.2) is 0 Å². The third-order valence-corrected chi connectivity index (χ3v) is 2.68. The average Bonchev–Trinajstić information content (AvgIpc) is 2.67. The van der Waals surface area contributed by atoms with Crippen molar-refractivity contribution in [2.45, 2.75) is 32.2 Å². The molecule has 0 aromatic heterocycles. The molecule has 0 radical (unpaired) electrons. The summed E-state index contributed by atoms with van der Waals surface area (Å²) in [6.07, 6.45) is 3.50. The highest BCUT2D eigenvalue weighted by atomic mass is 16.2. The lowest BCUT2D eigenvalue weighted by molar-refractivity contribution is -0.121. The summed E-state index contributed by atoms with van der Waals surface area (Å²) in [5.41, 5.74) is 0. The molecule has 1 rings (SSSR count). The number of carbonyl (C=O) groups excluding carboxylic acids is 1. The summed E-state index contributed by atoms with van der Waals surface area (Å²) in [5, 5.41) is 6.32. The number of carbonyl (C=O) groups is 1. The van der Waals surface area contributed by atoms with Crippen LogP contribution in [0.25, 0.3) is 0 Å². The first-order valence-electron chi connectivity index (χ1n) is 5.91. The summed E-state index contributed by atoms with van der Waals surface area (Å²) in [6, 6.07) is 0.578. The SMILES string of the molecule is CCCNC(=O)CN(C)C[C@H]1CCCN1. The van der Waals surface area contributed by atoms with Crippen molar-refractivity contribution in [3.05, 3.63) is 0 Å². The Morgan fingerprint density at radius 2 is 2.40 bits per heavy atom. The zero-order valence-corrected chi connectivity index (χ0v) is 9.88. The third-order valence-electron chi connectivity index (χ3n) is 2.68. The molecular weight excluding hydrogens is 190 g/mol. The summed E-state index contributed by atoms with van der Waals surface area (Å²) in [4.78, 5) is 13.5. The van der Waals surface area contributed by atoms with Crippen molar-refractivity contribution in [3.63, 3.8) is 0 Å². The van der Waals surface area contributed by atoms with Gasteiger partial charge in [0.25, 0.3) is 0 Å². The van der Waals surface area contributed by atoms with Gasteiger partial charge >= 0.3 is 0 Å². The van der Waals surface area contributed by atoms with E-state index in [9.17, 15) is 4.79 Å². The van der Waals surface area contributed by atoms with E-state index in [-0.39, 0.29) is 5.91 Å².